The van der Waals surface area contributed by atoms with Gasteiger partial charge in [0, 0.05) is 11.8 Å². The van der Waals surface area contributed by atoms with Crippen molar-refractivity contribution in [1.82, 2.24) is 19.5 Å². The van der Waals surface area contributed by atoms with E-state index in [1.807, 2.05) is 84.9 Å². The number of nitrogens with zero attached hydrogens (tertiary/aromatic N) is 4. The van der Waals surface area contributed by atoms with Crippen LogP contribution in [0, 0.1) is 11.8 Å². The number of benzene rings is 3. The Morgan fingerprint density at radius 2 is 1.56 bits per heavy atom. The number of anilines is 1. The molecule has 2 aromatic heterocycles. The Balaban J connectivity index is 1.46. The number of methoxy groups -OCH3 is 1. The number of fused-ring (bicyclic) bond motifs is 1. The highest BCUT2D eigenvalue weighted by Gasteiger charge is 2.49. The third-order valence-electron chi connectivity index (χ3n) is 8.05. The summed E-state index contributed by atoms with van der Waals surface area (Å²) in [5.41, 5.74) is 9.18. The number of hydrogen-bond acceptors (Lipinski definition) is 7. The Labute approximate surface area is 236 Å². The number of aliphatic hydroxyl groups excluding tert-OH is 1. The summed E-state index contributed by atoms with van der Waals surface area (Å²) in [7, 11) is 1.63. The first-order valence-corrected chi connectivity index (χ1v) is 13.4. The Bertz CT molecular complexity index is 1620. The van der Waals surface area contributed by atoms with Crippen LogP contribution in [-0.4, -0.2) is 44.9 Å². The lowest BCUT2D eigenvalue weighted by Gasteiger charge is -2.48. The molecule has 9 heteroatoms. The van der Waals surface area contributed by atoms with Crippen LogP contribution in [-0.2, 0) is 10.3 Å². The van der Waals surface area contributed by atoms with Crippen molar-refractivity contribution >= 4 is 17.0 Å². The van der Waals surface area contributed by atoms with Crippen molar-refractivity contribution in [3.8, 4) is 5.75 Å². The van der Waals surface area contributed by atoms with Crippen molar-refractivity contribution in [2.24, 2.45) is 11.8 Å². The molecular formula is C32H30FN5O3. The van der Waals surface area contributed by atoms with Crippen LogP contribution in [0.3, 0.4) is 0 Å². The number of nitrogen functional groups attached to an aromatic ring is 1. The number of aliphatic hydroxyl groups is 1. The lowest BCUT2D eigenvalue weighted by molar-refractivity contribution is -0.0510. The summed E-state index contributed by atoms with van der Waals surface area (Å²) >= 11 is 0. The zero-order valence-corrected chi connectivity index (χ0v) is 22.5. The van der Waals surface area contributed by atoms with E-state index in [1.54, 1.807) is 18.0 Å². The molecular weight excluding hydrogens is 521 g/mol. The lowest BCUT2D eigenvalue weighted by Crippen LogP contribution is -2.47. The number of halogens is 1. The van der Waals surface area contributed by atoms with Crippen molar-refractivity contribution in [3.05, 3.63) is 126 Å². The fraction of sp³-hybridized carbons (Fsp3) is 0.219. The van der Waals surface area contributed by atoms with E-state index in [9.17, 15) is 9.50 Å². The Morgan fingerprint density at radius 1 is 0.927 bits per heavy atom. The molecule has 3 N–H and O–H groups in total. The first-order valence-electron chi connectivity index (χ1n) is 13.4. The van der Waals surface area contributed by atoms with Crippen molar-refractivity contribution < 1.29 is 19.0 Å². The molecule has 0 unspecified atom stereocenters. The minimum Gasteiger partial charge on any atom is -0.497 e. The van der Waals surface area contributed by atoms with Crippen molar-refractivity contribution in [3.63, 3.8) is 0 Å². The van der Waals surface area contributed by atoms with Gasteiger partial charge >= 0.3 is 0 Å². The molecule has 3 atom stereocenters. The monoisotopic (exact) mass is 551 g/mol. The summed E-state index contributed by atoms with van der Waals surface area (Å²) in [5.74, 6) is 0.244. The lowest BCUT2D eigenvalue weighted by atomic mass is 9.65. The SMILES string of the molecule is COc1ccc(C(OC[C@H]2[C@H](CO)/C(=C/F)[C@@H]2n2cnc3c(N)ncnc32)(c2ccccc2)c2ccccc2)cc1. The number of hydrogen-bond donors (Lipinski definition) is 2. The number of ether oxygens (including phenoxy) is 2. The van der Waals surface area contributed by atoms with E-state index in [1.165, 1.54) is 6.33 Å². The molecule has 0 radical (unpaired) electrons. The van der Waals surface area contributed by atoms with Crippen LogP contribution in [0.2, 0.25) is 0 Å². The molecule has 1 saturated carbocycles. The Hall–Kier alpha value is -4.60. The fourth-order valence-corrected chi connectivity index (χ4v) is 5.99. The van der Waals surface area contributed by atoms with Gasteiger partial charge in [-0.3, -0.25) is 0 Å². The molecule has 3 aromatic carbocycles. The Kier molecular flexibility index (Phi) is 7.21. The van der Waals surface area contributed by atoms with Gasteiger partial charge in [-0.1, -0.05) is 72.8 Å². The average Bonchev–Trinajstić information content (AvgIpc) is 3.44. The molecule has 2 heterocycles. The average molecular weight is 552 g/mol. The van der Waals surface area contributed by atoms with Gasteiger partial charge in [-0.2, -0.15) is 0 Å². The van der Waals surface area contributed by atoms with Gasteiger partial charge in [0.15, 0.2) is 11.5 Å². The van der Waals surface area contributed by atoms with Crippen LogP contribution in [0.1, 0.15) is 22.7 Å². The molecule has 1 aliphatic rings. The molecule has 0 aliphatic heterocycles. The molecule has 0 amide bonds. The molecule has 6 rings (SSSR count). The van der Waals surface area contributed by atoms with Crippen LogP contribution in [0.4, 0.5) is 10.2 Å². The number of imidazole rings is 1. The van der Waals surface area contributed by atoms with Gasteiger partial charge in [-0.15, -0.1) is 0 Å². The van der Waals surface area contributed by atoms with Gasteiger partial charge < -0.3 is 24.9 Å². The minimum absolute atomic E-state index is 0.198. The third-order valence-corrected chi connectivity index (χ3v) is 8.05. The van der Waals surface area contributed by atoms with E-state index in [-0.39, 0.29) is 24.9 Å². The highest BCUT2D eigenvalue weighted by molar-refractivity contribution is 5.81. The predicted octanol–water partition coefficient (Wildman–Crippen LogP) is 5.06. The van der Waals surface area contributed by atoms with Gasteiger partial charge in [0.05, 0.1) is 39.0 Å². The normalized spacial score (nSPS) is 19.8. The summed E-state index contributed by atoms with van der Waals surface area (Å²) in [6.07, 6.45) is 3.53. The maximum Gasteiger partial charge on any atom is 0.165 e. The zero-order chi connectivity index (χ0) is 28.4. The van der Waals surface area contributed by atoms with Crippen LogP contribution >= 0.6 is 0 Å². The largest absolute Gasteiger partial charge is 0.497 e. The first-order chi connectivity index (χ1) is 20.1. The maximum absolute atomic E-state index is 14.3. The predicted molar refractivity (Wildman–Crippen MR) is 154 cm³/mol. The van der Waals surface area contributed by atoms with Crippen LogP contribution < -0.4 is 10.5 Å². The van der Waals surface area contributed by atoms with E-state index < -0.39 is 17.6 Å². The van der Waals surface area contributed by atoms with E-state index >= 15 is 0 Å². The zero-order valence-electron chi connectivity index (χ0n) is 22.5. The molecule has 41 heavy (non-hydrogen) atoms. The fourth-order valence-electron chi connectivity index (χ4n) is 5.99. The molecule has 0 bridgehead atoms. The van der Waals surface area contributed by atoms with E-state index in [0.29, 0.717) is 23.1 Å². The summed E-state index contributed by atoms with van der Waals surface area (Å²) in [6, 6.07) is 27.3. The molecule has 0 saturated heterocycles. The molecule has 208 valence electrons. The Morgan fingerprint density at radius 3 is 2.15 bits per heavy atom. The van der Waals surface area contributed by atoms with Gasteiger partial charge in [-0.25, -0.2) is 19.3 Å². The quantitative estimate of drug-likeness (QED) is 0.247. The van der Waals surface area contributed by atoms with Gasteiger partial charge in [0.2, 0.25) is 0 Å². The van der Waals surface area contributed by atoms with Gasteiger partial charge in [0.1, 0.15) is 23.2 Å². The van der Waals surface area contributed by atoms with E-state index in [2.05, 4.69) is 15.0 Å². The van der Waals surface area contributed by atoms with Gasteiger partial charge in [0.25, 0.3) is 0 Å². The topological polar surface area (TPSA) is 108 Å². The second kappa shape index (κ2) is 11.1. The van der Waals surface area contributed by atoms with E-state index in [4.69, 9.17) is 15.2 Å². The molecule has 8 nitrogen and oxygen atoms in total. The molecule has 5 aromatic rings. The third kappa shape index (κ3) is 4.43. The molecule has 1 aliphatic carbocycles. The highest BCUT2D eigenvalue weighted by Crippen LogP contribution is 2.52. The van der Waals surface area contributed by atoms with Crippen molar-refractivity contribution in [2.45, 2.75) is 11.6 Å². The van der Waals surface area contributed by atoms with Crippen LogP contribution in [0.5, 0.6) is 5.75 Å². The molecule has 1 fully saturated rings. The standard InChI is InChI=1S/C32H30FN5O3/c1-40-24-14-12-23(13-15-24)32(21-8-4-2-5-9-21,22-10-6-3-7-11-22)41-18-27-26(17-39)25(16-33)29(27)38-20-37-28-30(34)35-19-36-31(28)38/h2-16,19-20,26-27,29,39H,17-18H2,1H3,(H2,34,35,36)/b25-16-/t26-,27+,29+/m1/s1. The van der Waals surface area contributed by atoms with Crippen LogP contribution in [0.15, 0.2) is 109 Å². The second-order valence-electron chi connectivity index (χ2n) is 10.0. The summed E-state index contributed by atoms with van der Waals surface area (Å²) in [4.78, 5) is 12.8. The second-order valence-corrected chi connectivity index (χ2v) is 10.0. The van der Waals surface area contributed by atoms with Gasteiger partial charge in [-0.05, 0) is 34.4 Å². The smallest absolute Gasteiger partial charge is 0.165 e. The number of aromatic nitrogens is 4. The highest BCUT2D eigenvalue weighted by atomic mass is 19.1. The minimum atomic E-state index is -1.00. The summed E-state index contributed by atoms with van der Waals surface area (Å²) in [5, 5.41) is 10.3. The summed E-state index contributed by atoms with van der Waals surface area (Å²) in [6.45, 7) is -0.0282. The first kappa shape index (κ1) is 26.6. The number of rotatable bonds is 9. The summed E-state index contributed by atoms with van der Waals surface area (Å²) < 4.78 is 28.6. The molecule has 0 spiro atoms. The van der Waals surface area contributed by atoms with Crippen molar-refractivity contribution in [1.29, 1.82) is 0 Å². The maximum atomic E-state index is 14.3. The van der Waals surface area contributed by atoms with Crippen LogP contribution in [0.25, 0.3) is 11.2 Å². The van der Waals surface area contributed by atoms with E-state index in [0.717, 1.165) is 22.4 Å². The number of nitrogens with two attached hydrogens (primary N) is 1. The van der Waals surface area contributed by atoms with Crippen molar-refractivity contribution in [2.75, 3.05) is 26.1 Å².